The lowest BCUT2D eigenvalue weighted by molar-refractivity contribution is 0.0694. The Morgan fingerprint density at radius 1 is 1.04 bits per heavy atom. The minimum absolute atomic E-state index is 0.146. The van der Waals surface area contributed by atoms with E-state index in [9.17, 15) is 28.3 Å². The number of carboxylic acid groups (broad SMARTS) is 1. The Bertz CT molecular complexity index is 1080. The Kier molecular flexibility index (Phi) is 3.92. The Labute approximate surface area is 139 Å². The molecule has 7 heteroatoms. The minimum atomic E-state index is -1.47. The molecule has 1 heterocycles. The van der Waals surface area contributed by atoms with Crippen molar-refractivity contribution in [3.63, 3.8) is 0 Å². The average molecular weight is 343 g/mol. The molecule has 3 rings (SSSR count). The molecule has 0 amide bonds. The number of rotatable bonds is 3. The summed E-state index contributed by atoms with van der Waals surface area (Å²) in [4.78, 5) is 35.3. The number of Topliss-reactive ketones (excluding diaryl/α,β-unsaturated/α-hetero) is 1. The topological polar surface area (TPSA) is 76.4 Å². The lowest BCUT2D eigenvalue weighted by Crippen LogP contribution is -2.19. The van der Waals surface area contributed by atoms with Crippen LogP contribution in [0.4, 0.5) is 8.78 Å². The van der Waals surface area contributed by atoms with Gasteiger partial charge in [0.15, 0.2) is 5.78 Å². The maximum atomic E-state index is 14.1. The van der Waals surface area contributed by atoms with E-state index in [0.29, 0.717) is 5.69 Å². The van der Waals surface area contributed by atoms with Crippen LogP contribution < -0.4 is 5.43 Å². The van der Waals surface area contributed by atoms with Gasteiger partial charge in [-0.2, -0.15) is 0 Å². The quantitative estimate of drug-likeness (QED) is 0.741. The van der Waals surface area contributed by atoms with Crippen LogP contribution in [0.15, 0.2) is 47.4 Å². The van der Waals surface area contributed by atoms with E-state index in [2.05, 4.69) is 0 Å². The van der Waals surface area contributed by atoms with E-state index in [1.807, 2.05) is 0 Å². The maximum Gasteiger partial charge on any atom is 0.341 e. The van der Waals surface area contributed by atoms with Crippen LogP contribution in [0.1, 0.15) is 27.6 Å². The molecule has 0 aliphatic rings. The van der Waals surface area contributed by atoms with Crippen LogP contribution in [0, 0.1) is 11.6 Å². The Hall–Kier alpha value is -3.35. The molecule has 0 fully saturated rings. The number of nitrogens with zero attached hydrogens (tertiary/aromatic N) is 1. The zero-order valence-corrected chi connectivity index (χ0v) is 12.9. The third kappa shape index (κ3) is 2.80. The number of carboxylic acids is 1. The van der Waals surface area contributed by atoms with E-state index in [1.54, 1.807) is 0 Å². The normalized spacial score (nSPS) is 10.8. The van der Waals surface area contributed by atoms with Crippen molar-refractivity contribution < 1.29 is 23.5 Å². The molecule has 0 unspecified atom stereocenters. The number of pyridine rings is 1. The van der Waals surface area contributed by atoms with E-state index in [4.69, 9.17) is 0 Å². The largest absolute Gasteiger partial charge is 0.477 e. The molecule has 0 saturated carbocycles. The molecule has 3 aromatic rings. The van der Waals surface area contributed by atoms with Crippen LogP contribution in [0.2, 0.25) is 0 Å². The van der Waals surface area contributed by atoms with Gasteiger partial charge >= 0.3 is 5.97 Å². The summed E-state index contributed by atoms with van der Waals surface area (Å²) < 4.78 is 28.6. The van der Waals surface area contributed by atoms with Gasteiger partial charge in [0, 0.05) is 17.3 Å². The Morgan fingerprint density at radius 2 is 1.68 bits per heavy atom. The summed E-state index contributed by atoms with van der Waals surface area (Å²) >= 11 is 0. The van der Waals surface area contributed by atoms with E-state index in [-0.39, 0.29) is 16.5 Å². The zero-order chi connectivity index (χ0) is 18.3. The lowest BCUT2D eigenvalue weighted by Gasteiger charge is -2.13. The molecule has 0 spiro atoms. The van der Waals surface area contributed by atoms with Gasteiger partial charge in [0.1, 0.15) is 17.2 Å². The highest BCUT2D eigenvalue weighted by Gasteiger charge is 2.19. The van der Waals surface area contributed by atoms with E-state index >= 15 is 0 Å². The molecule has 1 aromatic heterocycles. The van der Waals surface area contributed by atoms with Crippen molar-refractivity contribution in [3.8, 4) is 5.69 Å². The maximum absolute atomic E-state index is 14.1. The van der Waals surface area contributed by atoms with Crippen LogP contribution in [-0.4, -0.2) is 21.4 Å². The molecule has 0 atom stereocenters. The number of carbonyl (C=O) groups is 2. The van der Waals surface area contributed by atoms with Gasteiger partial charge in [-0.1, -0.05) is 0 Å². The van der Waals surface area contributed by atoms with Crippen LogP contribution in [0.5, 0.6) is 0 Å². The number of aromatic carboxylic acids is 1. The van der Waals surface area contributed by atoms with Crippen molar-refractivity contribution in [2.24, 2.45) is 0 Å². The van der Waals surface area contributed by atoms with Gasteiger partial charge in [0.25, 0.3) is 0 Å². The van der Waals surface area contributed by atoms with Gasteiger partial charge in [0.2, 0.25) is 5.43 Å². The number of halogens is 2. The van der Waals surface area contributed by atoms with Crippen molar-refractivity contribution in [3.05, 3.63) is 75.6 Å². The van der Waals surface area contributed by atoms with E-state index < -0.39 is 34.4 Å². The predicted octanol–water partition coefficient (Wildman–Crippen LogP) is 3.17. The van der Waals surface area contributed by atoms with Crippen LogP contribution in [0.3, 0.4) is 0 Å². The molecule has 25 heavy (non-hydrogen) atoms. The number of hydrogen-bond donors (Lipinski definition) is 1. The summed E-state index contributed by atoms with van der Waals surface area (Å²) in [5, 5.41) is 9.04. The van der Waals surface area contributed by atoms with E-state index in [1.165, 1.54) is 29.7 Å². The molecule has 5 nitrogen and oxygen atoms in total. The van der Waals surface area contributed by atoms with Gasteiger partial charge in [-0.3, -0.25) is 9.59 Å². The molecule has 126 valence electrons. The highest BCUT2D eigenvalue weighted by Crippen LogP contribution is 2.22. The Morgan fingerprint density at radius 3 is 2.24 bits per heavy atom. The SMILES string of the molecule is CC(=O)c1cc2c(cc1F)c(=O)c(C(=O)O)cn2-c1ccc(F)cc1. The van der Waals surface area contributed by atoms with Crippen LogP contribution >= 0.6 is 0 Å². The summed E-state index contributed by atoms with van der Waals surface area (Å²) in [7, 11) is 0. The number of benzene rings is 2. The second-order valence-corrected chi connectivity index (χ2v) is 5.43. The molecule has 0 aliphatic heterocycles. The number of hydrogen-bond acceptors (Lipinski definition) is 3. The van der Waals surface area contributed by atoms with Crippen molar-refractivity contribution >= 4 is 22.7 Å². The molecule has 0 aliphatic carbocycles. The average Bonchev–Trinajstić information content (AvgIpc) is 2.55. The van der Waals surface area contributed by atoms with Crippen molar-refractivity contribution in [1.82, 2.24) is 4.57 Å². The Balaban J connectivity index is 2.48. The summed E-state index contributed by atoms with van der Waals surface area (Å²) in [5.74, 6) is -3.42. The fraction of sp³-hybridized carbons (Fsp3) is 0.0556. The van der Waals surface area contributed by atoms with Gasteiger partial charge in [-0.05, 0) is 43.3 Å². The van der Waals surface area contributed by atoms with Crippen LogP contribution in [-0.2, 0) is 0 Å². The smallest absolute Gasteiger partial charge is 0.341 e. The third-order valence-electron chi connectivity index (χ3n) is 3.81. The highest BCUT2D eigenvalue weighted by molar-refractivity contribution is 5.99. The lowest BCUT2D eigenvalue weighted by atomic mass is 10.0. The van der Waals surface area contributed by atoms with Crippen LogP contribution in [0.25, 0.3) is 16.6 Å². The molecular weight excluding hydrogens is 332 g/mol. The number of aromatic nitrogens is 1. The van der Waals surface area contributed by atoms with Gasteiger partial charge in [0.05, 0.1) is 11.1 Å². The first-order valence-corrected chi connectivity index (χ1v) is 7.18. The van der Waals surface area contributed by atoms with Gasteiger partial charge < -0.3 is 9.67 Å². The molecule has 2 aromatic carbocycles. The number of ketones is 1. The summed E-state index contributed by atoms with van der Waals surface area (Å²) in [5.41, 5.74) is -1.16. The van der Waals surface area contributed by atoms with Gasteiger partial charge in [-0.15, -0.1) is 0 Å². The summed E-state index contributed by atoms with van der Waals surface area (Å²) in [6.45, 7) is 1.18. The molecular formula is C18H11F2NO4. The third-order valence-corrected chi connectivity index (χ3v) is 3.81. The first-order chi connectivity index (χ1) is 11.8. The second-order valence-electron chi connectivity index (χ2n) is 5.43. The fourth-order valence-corrected chi connectivity index (χ4v) is 2.58. The molecule has 1 N–H and O–H groups in total. The minimum Gasteiger partial charge on any atom is -0.477 e. The van der Waals surface area contributed by atoms with E-state index in [0.717, 1.165) is 24.4 Å². The highest BCUT2D eigenvalue weighted by atomic mass is 19.1. The first kappa shape index (κ1) is 16.5. The second kappa shape index (κ2) is 5.94. The number of carbonyl (C=O) groups excluding carboxylic acids is 1. The molecule has 0 saturated heterocycles. The molecule has 0 radical (unpaired) electrons. The predicted molar refractivity (Wildman–Crippen MR) is 86.4 cm³/mol. The standard InChI is InChI=1S/C18H11F2NO4/c1-9(22)12-7-16-13(6-15(12)20)17(23)14(18(24)25)8-21(16)11-4-2-10(19)3-5-11/h2-8H,1H3,(H,24,25). The summed E-state index contributed by atoms with van der Waals surface area (Å²) in [6, 6.07) is 7.11. The number of fused-ring (bicyclic) bond motifs is 1. The molecule has 0 bridgehead atoms. The fourth-order valence-electron chi connectivity index (χ4n) is 2.58. The van der Waals surface area contributed by atoms with Crippen molar-refractivity contribution in [2.45, 2.75) is 6.92 Å². The van der Waals surface area contributed by atoms with Crippen molar-refractivity contribution in [2.75, 3.05) is 0 Å². The first-order valence-electron chi connectivity index (χ1n) is 7.18. The monoisotopic (exact) mass is 343 g/mol. The zero-order valence-electron chi connectivity index (χ0n) is 12.9. The van der Waals surface area contributed by atoms with Crippen molar-refractivity contribution in [1.29, 1.82) is 0 Å². The van der Waals surface area contributed by atoms with Gasteiger partial charge in [-0.25, -0.2) is 13.6 Å². The summed E-state index contributed by atoms with van der Waals surface area (Å²) in [6.07, 6.45) is 1.07.